The molecule has 0 saturated carbocycles. The Bertz CT molecular complexity index is 1750. The fourth-order valence-electron chi connectivity index (χ4n) is 4.82. The lowest BCUT2D eigenvalue weighted by Gasteiger charge is -2.24. The van der Waals surface area contributed by atoms with E-state index in [1.165, 1.54) is 11.8 Å². The quantitative estimate of drug-likeness (QED) is 0.171. The maximum Gasteiger partial charge on any atom is 0.267 e. The van der Waals surface area contributed by atoms with Crippen molar-refractivity contribution in [3.8, 4) is 5.75 Å². The number of thioether (sulfide) groups is 1. The minimum atomic E-state index is -0.190. The minimum absolute atomic E-state index is 0.0761. The van der Waals surface area contributed by atoms with Gasteiger partial charge in [-0.25, -0.2) is 4.99 Å². The summed E-state index contributed by atoms with van der Waals surface area (Å²) >= 11 is 4.89. The maximum atomic E-state index is 14.1. The van der Waals surface area contributed by atoms with Crippen molar-refractivity contribution in [3.63, 3.8) is 0 Å². The van der Waals surface area contributed by atoms with Gasteiger partial charge < -0.3 is 4.74 Å². The Balaban J connectivity index is 1.42. The molecule has 1 fully saturated rings. The lowest BCUT2D eigenvalue weighted by Crippen LogP contribution is -2.32. The van der Waals surface area contributed by atoms with Gasteiger partial charge in [0.1, 0.15) is 12.4 Å². The number of fused-ring (bicyclic) bond motifs is 1. The average Bonchev–Trinajstić information content (AvgIpc) is 3.31. The molecule has 0 aliphatic carbocycles. The first kappa shape index (κ1) is 27.1. The summed E-state index contributed by atoms with van der Waals surface area (Å²) in [6, 6.07) is 39.9. The Hall–Kier alpha value is -4.13. The highest BCUT2D eigenvalue weighted by atomic mass is 79.9. The zero-order valence-electron chi connectivity index (χ0n) is 22.4. The highest BCUT2D eigenvalue weighted by Crippen LogP contribution is 2.41. The number of aliphatic imine (C=N–C) groups is 1. The topological polar surface area (TPSA) is 41.9 Å². The lowest BCUT2D eigenvalue weighted by atomic mass is 10.0. The molecule has 1 amide bonds. The molecule has 1 aliphatic rings. The predicted molar refractivity (Wildman–Crippen MR) is 173 cm³/mol. The molecule has 0 N–H and O–H groups in total. The molecule has 1 aliphatic heterocycles. The number of para-hydroxylation sites is 1. The van der Waals surface area contributed by atoms with Crippen LogP contribution in [0.1, 0.15) is 29.7 Å². The van der Waals surface area contributed by atoms with Gasteiger partial charge in [-0.3, -0.25) is 9.69 Å². The van der Waals surface area contributed by atoms with Crippen LogP contribution in [0.2, 0.25) is 0 Å². The third-order valence-corrected chi connectivity index (χ3v) is 8.51. The summed E-state index contributed by atoms with van der Waals surface area (Å²) in [7, 11) is 0. The highest BCUT2D eigenvalue weighted by Gasteiger charge is 2.37. The van der Waals surface area contributed by atoms with Gasteiger partial charge >= 0.3 is 0 Å². The van der Waals surface area contributed by atoms with Crippen LogP contribution in [0.4, 0.5) is 5.69 Å². The van der Waals surface area contributed by atoms with Crippen LogP contribution in [0.3, 0.4) is 0 Å². The third-order valence-electron chi connectivity index (χ3n) is 7.00. The van der Waals surface area contributed by atoms with Crippen molar-refractivity contribution in [2.24, 2.45) is 4.99 Å². The summed E-state index contributed by atoms with van der Waals surface area (Å²) in [5.74, 6) is 0.649. The van der Waals surface area contributed by atoms with E-state index in [1.54, 1.807) is 4.90 Å². The number of amides is 1. The molecule has 5 aromatic rings. The van der Waals surface area contributed by atoms with Gasteiger partial charge in [-0.15, -0.1) is 0 Å². The zero-order chi connectivity index (χ0) is 28.2. The number of benzene rings is 5. The molecule has 4 nitrogen and oxygen atoms in total. The van der Waals surface area contributed by atoms with Gasteiger partial charge in [0, 0.05) is 10.0 Å². The van der Waals surface area contributed by atoms with Crippen LogP contribution in [0.25, 0.3) is 16.8 Å². The van der Waals surface area contributed by atoms with Gasteiger partial charge in [0.2, 0.25) is 0 Å². The normalized spacial score (nSPS) is 16.0. The first-order chi connectivity index (χ1) is 20.1. The van der Waals surface area contributed by atoms with Gasteiger partial charge in [0.15, 0.2) is 5.17 Å². The molecule has 1 saturated heterocycles. The van der Waals surface area contributed by atoms with E-state index in [1.807, 2.05) is 116 Å². The molecule has 0 spiro atoms. The van der Waals surface area contributed by atoms with Crippen LogP contribution in [-0.4, -0.2) is 16.0 Å². The molecule has 5 aromatic carbocycles. The molecule has 0 radical (unpaired) electrons. The number of amidine groups is 1. The van der Waals surface area contributed by atoms with Crippen LogP contribution in [0.15, 0.2) is 136 Å². The van der Waals surface area contributed by atoms with Crippen LogP contribution in [-0.2, 0) is 11.4 Å². The fraction of sp³-hybridized carbons (Fsp3) is 0.0857. The summed E-state index contributed by atoms with van der Waals surface area (Å²) in [6.07, 6.45) is 1.96. The number of hydrogen-bond acceptors (Lipinski definition) is 4. The predicted octanol–water partition coefficient (Wildman–Crippen LogP) is 9.55. The van der Waals surface area contributed by atoms with Crippen molar-refractivity contribution in [1.29, 1.82) is 0 Å². The van der Waals surface area contributed by atoms with Crippen molar-refractivity contribution in [1.82, 2.24) is 4.90 Å². The van der Waals surface area contributed by atoms with Crippen LogP contribution >= 0.6 is 27.7 Å². The summed E-state index contributed by atoms with van der Waals surface area (Å²) < 4.78 is 7.38. The number of nitrogens with zero attached hydrogens (tertiary/aromatic N) is 2. The number of rotatable bonds is 7. The molecule has 0 bridgehead atoms. The van der Waals surface area contributed by atoms with Gasteiger partial charge in [-0.05, 0) is 77.0 Å². The molecule has 41 heavy (non-hydrogen) atoms. The van der Waals surface area contributed by atoms with Crippen molar-refractivity contribution in [2.45, 2.75) is 19.6 Å². The Morgan fingerprint density at radius 3 is 2.29 bits per heavy atom. The van der Waals surface area contributed by atoms with Crippen molar-refractivity contribution >= 4 is 61.3 Å². The van der Waals surface area contributed by atoms with E-state index in [9.17, 15) is 4.79 Å². The van der Waals surface area contributed by atoms with E-state index in [0.29, 0.717) is 16.7 Å². The first-order valence-corrected chi connectivity index (χ1v) is 15.0. The standard InChI is InChI=1S/C35H27BrN2O2S/c1-24(26-10-4-2-5-11-26)38-34(39)33(41-35(38)37-29-13-6-3-7-14-29)22-31-30-15-9-8-12-27(30)18-21-32(31)40-23-25-16-19-28(36)20-17-25/h2-22,24H,23H2,1H3/b33-22+,37-35?/t24-/m1/s1. The Labute approximate surface area is 252 Å². The second-order valence-corrected chi connectivity index (χ2v) is 11.6. The lowest BCUT2D eigenvalue weighted by molar-refractivity contribution is -0.123. The van der Waals surface area contributed by atoms with Gasteiger partial charge in [-0.1, -0.05) is 107 Å². The van der Waals surface area contributed by atoms with Crippen molar-refractivity contribution in [2.75, 3.05) is 0 Å². The van der Waals surface area contributed by atoms with E-state index in [2.05, 4.69) is 34.1 Å². The minimum Gasteiger partial charge on any atom is -0.488 e. The van der Waals surface area contributed by atoms with Gasteiger partial charge in [0.25, 0.3) is 5.91 Å². The molecule has 0 aromatic heterocycles. The number of hydrogen-bond donors (Lipinski definition) is 0. The zero-order valence-corrected chi connectivity index (χ0v) is 24.8. The molecule has 6 heteroatoms. The Morgan fingerprint density at radius 2 is 1.54 bits per heavy atom. The Kier molecular flexibility index (Phi) is 8.03. The van der Waals surface area contributed by atoms with E-state index in [-0.39, 0.29) is 11.9 Å². The molecule has 0 unspecified atom stereocenters. The summed E-state index contributed by atoms with van der Waals surface area (Å²) in [5.41, 5.74) is 3.79. The fourth-order valence-corrected chi connectivity index (χ4v) is 6.14. The second kappa shape index (κ2) is 12.2. The number of halogens is 1. The van der Waals surface area contributed by atoms with Crippen LogP contribution in [0, 0.1) is 0 Å². The van der Waals surface area contributed by atoms with E-state index in [4.69, 9.17) is 9.73 Å². The summed E-state index contributed by atoms with van der Waals surface area (Å²) in [5, 5.41) is 2.76. The SMILES string of the molecule is C[C@H](c1ccccc1)N1C(=O)/C(=C\c2c(OCc3ccc(Br)cc3)ccc3ccccc23)SC1=Nc1ccccc1. The van der Waals surface area contributed by atoms with Crippen LogP contribution < -0.4 is 4.74 Å². The molecule has 1 atom stereocenters. The largest absolute Gasteiger partial charge is 0.488 e. The van der Waals surface area contributed by atoms with E-state index in [0.717, 1.165) is 43.4 Å². The molecule has 6 rings (SSSR count). The number of carbonyl (C=O) groups excluding carboxylic acids is 1. The summed E-state index contributed by atoms with van der Waals surface area (Å²) in [6.45, 7) is 2.46. The smallest absolute Gasteiger partial charge is 0.267 e. The third kappa shape index (κ3) is 5.99. The maximum absolute atomic E-state index is 14.1. The molecule has 1 heterocycles. The van der Waals surface area contributed by atoms with Gasteiger partial charge in [0.05, 0.1) is 16.6 Å². The molecular weight excluding hydrogens is 592 g/mol. The van der Waals surface area contributed by atoms with E-state index < -0.39 is 0 Å². The highest BCUT2D eigenvalue weighted by molar-refractivity contribution is 9.10. The van der Waals surface area contributed by atoms with E-state index >= 15 is 0 Å². The summed E-state index contributed by atoms with van der Waals surface area (Å²) in [4.78, 5) is 21.4. The molecular formula is C35H27BrN2O2S. The van der Waals surface area contributed by atoms with Gasteiger partial charge in [-0.2, -0.15) is 0 Å². The molecule has 202 valence electrons. The number of carbonyl (C=O) groups is 1. The number of ether oxygens (including phenoxy) is 1. The van der Waals surface area contributed by atoms with Crippen LogP contribution in [0.5, 0.6) is 5.75 Å². The van der Waals surface area contributed by atoms with Crippen molar-refractivity contribution in [3.05, 3.63) is 147 Å². The second-order valence-electron chi connectivity index (χ2n) is 9.72. The average molecular weight is 620 g/mol. The van der Waals surface area contributed by atoms with Crippen molar-refractivity contribution < 1.29 is 9.53 Å². The first-order valence-electron chi connectivity index (χ1n) is 13.4. The Morgan fingerprint density at radius 1 is 0.854 bits per heavy atom. The monoisotopic (exact) mass is 618 g/mol.